The minimum atomic E-state index is -0.245. The average Bonchev–Trinajstić information content (AvgIpc) is 3.02. The zero-order valence-electron chi connectivity index (χ0n) is 18.4. The van der Waals surface area contributed by atoms with Crippen molar-refractivity contribution < 1.29 is 9.59 Å². The van der Waals surface area contributed by atoms with E-state index >= 15 is 0 Å². The molecular weight excluding hydrogens is 400 g/mol. The lowest BCUT2D eigenvalue weighted by Crippen LogP contribution is -2.46. The lowest BCUT2D eigenvalue weighted by atomic mass is 9.84. The molecule has 7 heteroatoms. The van der Waals surface area contributed by atoms with Gasteiger partial charge in [0, 0.05) is 23.4 Å². The summed E-state index contributed by atoms with van der Waals surface area (Å²) in [5, 5.41) is 8.20. The highest BCUT2D eigenvalue weighted by atomic mass is 35.5. The van der Waals surface area contributed by atoms with E-state index in [-0.39, 0.29) is 35.7 Å². The molecule has 162 valence electrons. The van der Waals surface area contributed by atoms with Crippen LogP contribution in [-0.4, -0.2) is 39.1 Å². The summed E-state index contributed by atoms with van der Waals surface area (Å²) in [5.41, 5.74) is 1.33. The van der Waals surface area contributed by atoms with Gasteiger partial charge in [-0.05, 0) is 38.8 Å². The molecule has 0 bridgehead atoms. The predicted octanol–water partition coefficient (Wildman–Crippen LogP) is 4.80. The van der Waals surface area contributed by atoms with E-state index in [1.807, 2.05) is 38.1 Å². The molecule has 2 aromatic rings. The van der Waals surface area contributed by atoms with Crippen LogP contribution in [0.25, 0.3) is 5.69 Å². The molecule has 3 rings (SSSR count). The Morgan fingerprint density at radius 2 is 1.93 bits per heavy atom. The summed E-state index contributed by atoms with van der Waals surface area (Å²) in [4.78, 5) is 27.3. The molecule has 1 aromatic heterocycles. The molecule has 2 amide bonds. The number of halogens is 1. The summed E-state index contributed by atoms with van der Waals surface area (Å²) in [6.07, 6.45) is 2.91. The maximum atomic E-state index is 12.9. The number of carbonyl (C=O) groups excluding carboxylic acids is 2. The van der Waals surface area contributed by atoms with E-state index in [0.29, 0.717) is 16.5 Å². The van der Waals surface area contributed by atoms with Crippen molar-refractivity contribution in [3.63, 3.8) is 0 Å². The average molecular weight is 431 g/mol. The van der Waals surface area contributed by atoms with E-state index in [1.165, 1.54) is 0 Å². The van der Waals surface area contributed by atoms with Crippen molar-refractivity contribution in [1.29, 1.82) is 0 Å². The topological polar surface area (TPSA) is 67.2 Å². The number of amides is 2. The van der Waals surface area contributed by atoms with Crippen molar-refractivity contribution in [3.8, 4) is 5.69 Å². The lowest BCUT2D eigenvalue weighted by Gasteiger charge is -2.33. The van der Waals surface area contributed by atoms with Gasteiger partial charge < -0.3 is 10.2 Å². The first kappa shape index (κ1) is 22.3. The van der Waals surface area contributed by atoms with Crippen molar-refractivity contribution in [3.05, 3.63) is 41.0 Å². The number of hydrogen-bond donors (Lipinski definition) is 1. The van der Waals surface area contributed by atoms with Crippen LogP contribution in [0.4, 0.5) is 5.82 Å². The summed E-state index contributed by atoms with van der Waals surface area (Å²) < 4.78 is 1.66. The smallest absolute Gasteiger partial charge is 0.245 e. The molecule has 6 nitrogen and oxygen atoms in total. The van der Waals surface area contributed by atoms with Gasteiger partial charge in [0.05, 0.1) is 16.4 Å². The van der Waals surface area contributed by atoms with Gasteiger partial charge in [-0.15, -0.1) is 0 Å². The Morgan fingerprint density at radius 3 is 2.47 bits per heavy atom. The molecule has 0 saturated heterocycles. The van der Waals surface area contributed by atoms with Gasteiger partial charge in [0.15, 0.2) is 0 Å². The summed E-state index contributed by atoms with van der Waals surface area (Å²) in [6, 6.07) is 9.21. The first-order chi connectivity index (χ1) is 14.1. The number of aromatic nitrogens is 2. The van der Waals surface area contributed by atoms with Crippen LogP contribution in [0.15, 0.2) is 30.3 Å². The van der Waals surface area contributed by atoms with Crippen LogP contribution in [0, 0.1) is 5.92 Å². The van der Waals surface area contributed by atoms with E-state index < -0.39 is 0 Å². The van der Waals surface area contributed by atoms with Crippen molar-refractivity contribution in [2.75, 3.05) is 11.9 Å². The van der Waals surface area contributed by atoms with Crippen molar-refractivity contribution >= 4 is 29.2 Å². The number of benzene rings is 1. The van der Waals surface area contributed by atoms with Gasteiger partial charge in [-0.1, -0.05) is 50.9 Å². The fraction of sp³-hybridized carbons (Fsp3) is 0.522. The molecule has 1 fully saturated rings. The first-order valence-corrected chi connectivity index (χ1v) is 10.9. The fourth-order valence-corrected chi connectivity index (χ4v) is 3.60. The van der Waals surface area contributed by atoms with Crippen LogP contribution < -0.4 is 5.32 Å². The molecule has 0 aliphatic heterocycles. The largest absolute Gasteiger partial charge is 0.331 e. The second-order valence-electron chi connectivity index (χ2n) is 9.26. The molecule has 1 heterocycles. The molecule has 0 unspecified atom stereocenters. The van der Waals surface area contributed by atoms with E-state index in [0.717, 1.165) is 25.0 Å². The molecule has 0 atom stereocenters. The number of rotatable bonds is 6. The Kier molecular flexibility index (Phi) is 6.56. The van der Waals surface area contributed by atoms with Crippen molar-refractivity contribution in [2.24, 2.45) is 5.92 Å². The van der Waals surface area contributed by atoms with Gasteiger partial charge in [0.1, 0.15) is 12.4 Å². The molecule has 1 saturated carbocycles. The van der Waals surface area contributed by atoms with Gasteiger partial charge in [0.2, 0.25) is 11.8 Å². The van der Waals surface area contributed by atoms with Gasteiger partial charge in [-0.3, -0.25) is 9.59 Å². The number of para-hydroxylation sites is 1. The fourth-order valence-electron chi connectivity index (χ4n) is 3.39. The van der Waals surface area contributed by atoms with Gasteiger partial charge in [-0.2, -0.15) is 5.10 Å². The molecular formula is C23H31ClN4O2. The van der Waals surface area contributed by atoms with E-state index in [1.54, 1.807) is 15.6 Å². The highest BCUT2D eigenvalue weighted by molar-refractivity contribution is 6.32. The SMILES string of the molecule is CC(C)N(CC(=O)Nc1cc(C(C)(C)C)nn1-c1ccccc1Cl)C(=O)C1CCC1. The molecule has 30 heavy (non-hydrogen) atoms. The van der Waals surface area contributed by atoms with Gasteiger partial charge in [-0.25, -0.2) is 4.68 Å². The second-order valence-corrected chi connectivity index (χ2v) is 9.67. The molecule has 1 aromatic carbocycles. The highest BCUT2D eigenvalue weighted by Gasteiger charge is 2.32. The maximum Gasteiger partial charge on any atom is 0.245 e. The number of nitrogens with one attached hydrogen (secondary N) is 1. The first-order valence-electron chi connectivity index (χ1n) is 10.5. The number of anilines is 1. The van der Waals surface area contributed by atoms with Crippen LogP contribution in [0.3, 0.4) is 0 Å². The van der Waals surface area contributed by atoms with Crippen LogP contribution >= 0.6 is 11.6 Å². The minimum Gasteiger partial charge on any atom is -0.331 e. The number of carbonyl (C=O) groups is 2. The van der Waals surface area contributed by atoms with E-state index in [4.69, 9.17) is 16.7 Å². The Balaban J connectivity index is 1.85. The van der Waals surface area contributed by atoms with Crippen molar-refractivity contribution in [2.45, 2.75) is 65.3 Å². The Hall–Kier alpha value is -2.34. The monoisotopic (exact) mass is 430 g/mol. The zero-order chi connectivity index (χ0) is 22.1. The Morgan fingerprint density at radius 1 is 1.27 bits per heavy atom. The van der Waals surface area contributed by atoms with Crippen LogP contribution in [-0.2, 0) is 15.0 Å². The lowest BCUT2D eigenvalue weighted by molar-refractivity contribution is -0.142. The third kappa shape index (κ3) is 4.86. The second kappa shape index (κ2) is 8.80. The van der Waals surface area contributed by atoms with Gasteiger partial charge >= 0.3 is 0 Å². The number of nitrogens with zero attached hydrogens (tertiary/aromatic N) is 3. The number of hydrogen-bond acceptors (Lipinski definition) is 3. The molecule has 1 aliphatic rings. The molecule has 1 N–H and O–H groups in total. The molecule has 0 radical (unpaired) electrons. The van der Waals surface area contributed by atoms with Crippen LogP contribution in [0.5, 0.6) is 0 Å². The Labute approximate surface area is 183 Å². The Bertz CT molecular complexity index is 926. The normalized spacial score (nSPS) is 14.5. The standard InChI is InChI=1S/C23H31ClN4O2/c1-15(2)27(22(30)16-9-8-10-16)14-21(29)25-20-13-19(23(3,4)5)26-28(20)18-12-7-6-11-17(18)24/h6-7,11-13,15-16H,8-10,14H2,1-5H3,(H,25,29). The summed E-state index contributed by atoms with van der Waals surface area (Å²) in [5.74, 6) is 0.422. The van der Waals surface area contributed by atoms with E-state index in [9.17, 15) is 9.59 Å². The third-order valence-electron chi connectivity index (χ3n) is 5.50. The summed E-state index contributed by atoms with van der Waals surface area (Å²) in [6.45, 7) is 10.1. The highest BCUT2D eigenvalue weighted by Crippen LogP contribution is 2.30. The molecule has 0 spiro atoms. The van der Waals surface area contributed by atoms with E-state index in [2.05, 4.69) is 26.1 Å². The van der Waals surface area contributed by atoms with Crippen LogP contribution in [0.1, 0.15) is 59.6 Å². The zero-order valence-corrected chi connectivity index (χ0v) is 19.2. The summed E-state index contributed by atoms with van der Waals surface area (Å²) >= 11 is 6.39. The van der Waals surface area contributed by atoms with Crippen LogP contribution in [0.2, 0.25) is 5.02 Å². The summed E-state index contributed by atoms with van der Waals surface area (Å²) in [7, 11) is 0. The third-order valence-corrected chi connectivity index (χ3v) is 5.82. The maximum absolute atomic E-state index is 12.9. The van der Waals surface area contributed by atoms with Crippen molar-refractivity contribution in [1.82, 2.24) is 14.7 Å². The minimum absolute atomic E-state index is 0.0194. The van der Waals surface area contributed by atoms with Gasteiger partial charge in [0.25, 0.3) is 0 Å². The quantitative estimate of drug-likeness (QED) is 0.715. The predicted molar refractivity (Wildman–Crippen MR) is 120 cm³/mol. The molecule has 1 aliphatic carbocycles.